The van der Waals surface area contributed by atoms with Gasteiger partial charge in [0.15, 0.2) is 0 Å². The van der Waals surface area contributed by atoms with Gasteiger partial charge in [0.05, 0.1) is 13.2 Å². The van der Waals surface area contributed by atoms with Gasteiger partial charge in [0.2, 0.25) is 0 Å². The third-order valence-corrected chi connectivity index (χ3v) is 5.69. The first-order chi connectivity index (χ1) is 13.6. The number of likely N-dealkylation sites (tertiary alicyclic amines) is 1. The Bertz CT molecular complexity index is 884. The van der Waals surface area contributed by atoms with Crippen molar-refractivity contribution in [2.75, 3.05) is 45.9 Å². The fourth-order valence-corrected chi connectivity index (χ4v) is 3.82. The molecule has 0 spiro atoms. The van der Waals surface area contributed by atoms with Crippen molar-refractivity contribution in [3.63, 3.8) is 0 Å². The second kappa shape index (κ2) is 8.24. The van der Waals surface area contributed by atoms with Crippen molar-refractivity contribution in [3.8, 4) is 0 Å². The van der Waals surface area contributed by atoms with Gasteiger partial charge in [-0.05, 0) is 36.2 Å². The molecule has 2 saturated heterocycles. The van der Waals surface area contributed by atoms with Crippen molar-refractivity contribution < 1.29 is 9.53 Å². The van der Waals surface area contributed by atoms with Gasteiger partial charge in [-0.1, -0.05) is 0 Å². The van der Waals surface area contributed by atoms with E-state index in [9.17, 15) is 9.59 Å². The first-order valence-corrected chi connectivity index (χ1v) is 9.83. The van der Waals surface area contributed by atoms with E-state index in [0.717, 1.165) is 38.4 Å². The highest BCUT2D eigenvalue weighted by Crippen LogP contribution is 2.27. The van der Waals surface area contributed by atoms with Crippen LogP contribution >= 0.6 is 0 Å². The molecule has 0 N–H and O–H groups in total. The minimum absolute atomic E-state index is 0.159. The van der Waals surface area contributed by atoms with Crippen LogP contribution in [0.25, 0.3) is 0 Å². The first-order valence-electron chi connectivity index (χ1n) is 9.83. The number of carbonyl (C=O) groups is 1. The van der Waals surface area contributed by atoms with Crippen LogP contribution in [0.15, 0.2) is 41.6 Å². The number of pyridine rings is 2. The zero-order valence-corrected chi connectivity index (χ0v) is 16.2. The van der Waals surface area contributed by atoms with E-state index in [1.54, 1.807) is 28.1 Å². The molecule has 2 aromatic rings. The summed E-state index contributed by atoms with van der Waals surface area (Å²) >= 11 is 0. The Balaban J connectivity index is 1.43. The molecule has 7 heteroatoms. The maximum atomic E-state index is 13.0. The van der Waals surface area contributed by atoms with Crippen LogP contribution in [0, 0.1) is 6.92 Å². The zero-order chi connectivity index (χ0) is 19.5. The molecule has 2 aliphatic heterocycles. The van der Waals surface area contributed by atoms with Crippen LogP contribution in [0.3, 0.4) is 0 Å². The maximum Gasteiger partial charge on any atom is 0.263 e. The van der Waals surface area contributed by atoms with Gasteiger partial charge in [-0.3, -0.25) is 19.5 Å². The predicted molar refractivity (Wildman–Crippen MR) is 106 cm³/mol. The number of nitrogens with zero attached hydrogens (tertiary/aromatic N) is 4. The van der Waals surface area contributed by atoms with E-state index in [1.165, 1.54) is 5.56 Å². The summed E-state index contributed by atoms with van der Waals surface area (Å²) in [5.41, 5.74) is 2.04. The van der Waals surface area contributed by atoms with Crippen LogP contribution in [0.4, 0.5) is 0 Å². The van der Waals surface area contributed by atoms with Gasteiger partial charge in [0.1, 0.15) is 5.56 Å². The standard InChI is InChI=1S/C21H26N4O3/c1-16-4-7-24(9-8-23-10-12-28-13-11-23)20(26)19(16)21(27)25-14-18(15-25)17-2-5-22-6-3-17/h2-7,18H,8-15H2,1H3. The topological polar surface area (TPSA) is 67.7 Å². The SMILES string of the molecule is Cc1ccn(CCN2CCOCC2)c(=O)c1C(=O)N1CC(c2ccncc2)C1. The molecule has 0 aliphatic carbocycles. The lowest BCUT2D eigenvalue weighted by Gasteiger charge is -2.39. The third kappa shape index (κ3) is 3.86. The highest BCUT2D eigenvalue weighted by atomic mass is 16.5. The summed E-state index contributed by atoms with van der Waals surface area (Å²) in [6, 6.07) is 5.84. The number of aryl methyl sites for hydroxylation is 1. The van der Waals surface area contributed by atoms with E-state index in [0.29, 0.717) is 31.1 Å². The molecule has 2 aliphatic rings. The summed E-state index contributed by atoms with van der Waals surface area (Å²) in [7, 11) is 0. The average Bonchev–Trinajstić information content (AvgIpc) is 2.68. The maximum absolute atomic E-state index is 13.0. The quantitative estimate of drug-likeness (QED) is 0.775. The molecule has 4 heterocycles. The van der Waals surface area contributed by atoms with E-state index in [2.05, 4.69) is 9.88 Å². The average molecular weight is 382 g/mol. The van der Waals surface area contributed by atoms with Crippen LogP contribution in [0.1, 0.15) is 27.4 Å². The lowest BCUT2D eigenvalue weighted by Crippen LogP contribution is -2.50. The van der Waals surface area contributed by atoms with Gasteiger partial charge >= 0.3 is 0 Å². The van der Waals surface area contributed by atoms with Gasteiger partial charge in [-0.25, -0.2) is 0 Å². The number of rotatable bonds is 5. The Hall–Kier alpha value is -2.51. The highest BCUT2D eigenvalue weighted by molar-refractivity contribution is 5.95. The number of aromatic nitrogens is 2. The van der Waals surface area contributed by atoms with Crippen LogP contribution in [0.5, 0.6) is 0 Å². The molecule has 28 heavy (non-hydrogen) atoms. The van der Waals surface area contributed by atoms with E-state index in [1.807, 2.05) is 25.1 Å². The number of carbonyl (C=O) groups excluding carboxylic acids is 1. The van der Waals surface area contributed by atoms with Crippen molar-refractivity contribution in [2.24, 2.45) is 0 Å². The fraction of sp³-hybridized carbons (Fsp3) is 0.476. The van der Waals surface area contributed by atoms with Gasteiger partial charge in [0.25, 0.3) is 11.5 Å². The molecule has 7 nitrogen and oxygen atoms in total. The van der Waals surface area contributed by atoms with E-state index in [-0.39, 0.29) is 11.5 Å². The van der Waals surface area contributed by atoms with Crippen molar-refractivity contribution >= 4 is 5.91 Å². The lowest BCUT2D eigenvalue weighted by molar-refractivity contribution is 0.0362. The van der Waals surface area contributed by atoms with Crippen molar-refractivity contribution in [1.82, 2.24) is 19.4 Å². The van der Waals surface area contributed by atoms with Gasteiger partial charge < -0.3 is 14.2 Å². The number of morpholine rings is 1. The predicted octanol–water partition coefficient (Wildman–Crippen LogP) is 1.12. The van der Waals surface area contributed by atoms with Crippen molar-refractivity contribution in [3.05, 3.63) is 63.8 Å². The molecule has 0 radical (unpaired) electrons. The van der Waals surface area contributed by atoms with E-state index in [4.69, 9.17) is 4.74 Å². The first kappa shape index (κ1) is 18.8. The van der Waals surface area contributed by atoms with E-state index < -0.39 is 0 Å². The molecule has 0 unspecified atom stereocenters. The molecular weight excluding hydrogens is 356 g/mol. The highest BCUT2D eigenvalue weighted by Gasteiger charge is 2.34. The van der Waals surface area contributed by atoms with Gasteiger partial charge in [0, 0.05) is 63.8 Å². The van der Waals surface area contributed by atoms with Crippen LogP contribution in [0.2, 0.25) is 0 Å². The monoisotopic (exact) mass is 382 g/mol. The summed E-state index contributed by atoms with van der Waals surface area (Å²) in [4.78, 5) is 34.0. The van der Waals surface area contributed by atoms with Crippen LogP contribution in [-0.4, -0.2) is 71.2 Å². The Labute approximate surface area is 164 Å². The molecule has 1 amide bonds. The van der Waals surface area contributed by atoms with Crippen LogP contribution in [-0.2, 0) is 11.3 Å². The number of hydrogen-bond acceptors (Lipinski definition) is 5. The molecule has 4 rings (SSSR count). The number of amides is 1. The van der Waals surface area contributed by atoms with Gasteiger partial charge in [-0.15, -0.1) is 0 Å². The molecule has 2 fully saturated rings. The van der Waals surface area contributed by atoms with Crippen molar-refractivity contribution in [1.29, 1.82) is 0 Å². The normalized spacial score (nSPS) is 18.1. The second-order valence-corrected chi connectivity index (χ2v) is 7.51. The molecule has 0 bridgehead atoms. The summed E-state index contributed by atoms with van der Waals surface area (Å²) in [5, 5.41) is 0. The molecule has 0 saturated carbocycles. The molecule has 0 aromatic carbocycles. The van der Waals surface area contributed by atoms with E-state index >= 15 is 0 Å². The Kier molecular flexibility index (Phi) is 5.54. The fourth-order valence-electron chi connectivity index (χ4n) is 3.82. The summed E-state index contributed by atoms with van der Waals surface area (Å²) in [6.45, 7) is 7.73. The number of ether oxygens (including phenoxy) is 1. The second-order valence-electron chi connectivity index (χ2n) is 7.51. The third-order valence-electron chi connectivity index (χ3n) is 5.69. The Morgan fingerprint density at radius 1 is 1.14 bits per heavy atom. The zero-order valence-electron chi connectivity index (χ0n) is 16.2. The number of hydrogen-bond donors (Lipinski definition) is 0. The molecule has 0 atom stereocenters. The Morgan fingerprint density at radius 3 is 2.57 bits per heavy atom. The van der Waals surface area contributed by atoms with Gasteiger partial charge in [-0.2, -0.15) is 0 Å². The molecule has 2 aromatic heterocycles. The smallest absolute Gasteiger partial charge is 0.263 e. The summed E-state index contributed by atoms with van der Waals surface area (Å²) < 4.78 is 7.03. The molecular formula is C21H26N4O3. The summed E-state index contributed by atoms with van der Waals surface area (Å²) in [6.07, 6.45) is 5.34. The minimum atomic E-state index is -0.189. The lowest BCUT2D eigenvalue weighted by atomic mass is 9.91. The molecule has 148 valence electrons. The van der Waals surface area contributed by atoms with Crippen LogP contribution < -0.4 is 5.56 Å². The minimum Gasteiger partial charge on any atom is -0.379 e. The van der Waals surface area contributed by atoms with Crippen molar-refractivity contribution in [2.45, 2.75) is 19.4 Å². The summed E-state index contributed by atoms with van der Waals surface area (Å²) in [5.74, 6) is 0.160. The Morgan fingerprint density at radius 2 is 1.86 bits per heavy atom. The largest absolute Gasteiger partial charge is 0.379 e.